The van der Waals surface area contributed by atoms with Gasteiger partial charge in [-0.1, -0.05) is 117 Å². The number of esters is 2. The molecule has 0 heterocycles. The molecule has 0 aliphatic heterocycles. The number of rotatable bonds is 37. The summed E-state index contributed by atoms with van der Waals surface area (Å²) in [6.45, 7) is 3.03. The second kappa shape index (κ2) is 40.1. The van der Waals surface area contributed by atoms with Crippen molar-refractivity contribution in [3.8, 4) is 0 Å². The van der Waals surface area contributed by atoms with Gasteiger partial charge in [-0.2, -0.15) is 0 Å². The summed E-state index contributed by atoms with van der Waals surface area (Å²) in [5.41, 5.74) is 5.33. The maximum absolute atomic E-state index is 12.5. The van der Waals surface area contributed by atoms with Gasteiger partial charge in [0.25, 0.3) is 0 Å². The summed E-state index contributed by atoms with van der Waals surface area (Å²) >= 11 is 0. The Hall–Kier alpha value is -3.11. The smallest absolute Gasteiger partial charge is 0.462 e. The van der Waals surface area contributed by atoms with E-state index in [1.807, 2.05) is 19.1 Å². The topological polar surface area (TPSA) is 155 Å². The molecule has 0 aromatic rings. The molecular weight excluding hydrogens is 729 g/mol. The first-order chi connectivity index (χ1) is 27.2. The molecule has 0 aromatic carbocycles. The molecule has 0 amide bonds. The normalized spacial score (nSPS) is 14.9. The van der Waals surface area contributed by atoms with Crippen LogP contribution in [0.4, 0.5) is 0 Å². The predicted octanol–water partition coefficient (Wildman–Crippen LogP) is 10.8. The second-order valence-electron chi connectivity index (χ2n) is 13.4. The summed E-state index contributed by atoms with van der Waals surface area (Å²) in [6.07, 6.45) is 48.6. The number of carbonyl (C=O) groups excluding carboxylic acids is 2. The lowest BCUT2D eigenvalue weighted by Crippen LogP contribution is -2.29. The SMILES string of the molecule is CC/C=C\C/C=C\C/C=C\C/C=C\CCCCCCC(=O)OC[C@H](COP(=O)(O)OCCN)OC(=O)CCC/C=C\C/C=C\C/C=C\C/C=C\CCC[C@H](C)O. The standard InChI is InChI=1S/C45H74NO9P/c1-3-4-5-6-7-8-9-10-11-12-15-18-21-24-27-30-33-36-44(48)52-40-43(41-54-56(50,51)53-39-38-46)55-45(49)37-34-31-28-25-22-19-16-13-14-17-20-23-26-29-32-35-42(2)47/h4-5,7-8,10-11,14-19,23,25-26,28,42-43,47H,3,6,9,12-13,20-22,24,27,29-41,46H2,1-2H3,(H,50,51)/b5-4-,8-7-,11-10-,17-14-,18-15-,19-16-,26-23-,28-25-/t42-,43+/m0/s1. The third-order valence-corrected chi connectivity index (χ3v) is 8.96. The Balaban J connectivity index is 4.35. The summed E-state index contributed by atoms with van der Waals surface area (Å²) in [5, 5.41) is 9.26. The summed E-state index contributed by atoms with van der Waals surface area (Å²) < 4.78 is 32.6. The zero-order valence-electron chi connectivity index (χ0n) is 34.4. The van der Waals surface area contributed by atoms with Gasteiger partial charge in [0.2, 0.25) is 0 Å². The number of allylic oxidation sites excluding steroid dienone is 16. The molecule has 0 spiro atoms. The van der Waals surface area contributed by atoms with Gasteiger partial charge in [0.15, 0.2) is 6.10 Å². The zero-order valence-corrected chi connectivity index (χ0v) is 35.3. The average molecular weight is 804 g/mol. The van der Waals surface area contributed by atoms with E-state index < -0.39 is 32.5 Å². The first-order valence-electron chi connectivity index (χ1n) is 20.7. The fourth-order valence-electron chi connectivity index (χ4n) is 4.93. The fourth-order valence-corrected chi connectivity index (χ4v) is 5.69. The predicted molar refractivity (Wildman–Crippen MR) is 230 cm³/mol. The molecule has 0 fully saturated rings. The van der Waals surface area contributed by atoms with Gasteiger partial charge < -0.3 is 25.2 Å². The quantitative estimate of drug-likeness (QED) is 0.0239. The number of phosphoric acid groups is 1. The molecule has 0 bridgehead atoms. The van der Waals surface area contributed by atoms with Crippen LogP contribution in [0.2, 0.25) is 0 Å². The summed E-state index contributed by atoms with van der Waals surface area (Å²) in [5.74, 6) is -0.951. The minimum atomic E-state index is -4.41. The Morgan fingerprint density at radius 2 is 1.07 bits per heavy atom. The molecule has 4 N–H and O–H groups in total. The number of hydrogen-bond donors (Lipinski definition) is 3. The maximum Gasteiger partial charge on any atom is 0.472 e. The summed E-state index contributed by atoms with van der Waals surface area (Å²) in [6, 6.07) is 0. The Bertz CT molecular complexity index is 1250. The minimum Gasteiger partial charge on any atom is -0.462 e. The van der Waals surface area contributed by atoms with Crippen molar-refractivity contribution in [3.05, 3.63) is 97.2 Å². The van der Waals surface area contributed by atoms with Gasteiger partial charge >= 0.3 is 19.8 Å². The Morgan fingerprint density at radius 1 is 0.607 bits per heavy atom. The van der Waals surface area contributed by atoms with Gasteiger partial charge in [0.1, 0.15) is 6.61 Å². The van der Waals surface area contributed by atoms with E-state index in [0.29, 0.717) is 19.3 Å². The third kappa shape index (κ3) is 40.6. The van der Waals surface area contributed by atoms with Crippen LogP contribution in [0.5, 0.6) is 0 Å². The molecule has 0 aromatic heterocycles. The van der Waals surface area contributed by atoms with Crippen molar-refractivity contribution >= 4 is 19.8 Å². The van der Waals surface area contributed by atoms with Crippen LogP contribution in [-0.4, -0.2) is 60.5 Å². The monoisotopic (exact) mass is 804 g/mol. The molecule has 318 valence electrons. The van der Waals surface area contributed by atoms with Gasteiger partial charge in [-0.05, 0) is 103 Å². The number of unbranched alkanes of at least 4 members (excludes halogenated alkanes) is 6. The van der Waals surface area contributed by atoms with Crippen LogP contribution >= 0.6 is 7.82 Å². The van der Waals surface area contributed by atoms with Gasteiger partial charge in [0, 0.05) is 19.4 Å². The number of nitrogens with two attached hydrogens (primary N) is 1. The zero-order chi connectivity index (χ0) is 41.2. The van der Waals surface area contributed by atoms with E-state index in [1.54, 1.807) is 0 Å². The van der Waals surface area contributed by atoms with Crippen LogP contribution in [0.25, 0.3) is 0 Å². The van der Waals surface area contributed by atoms with E-state index in [0.717, 1.165) is 89.9 Å². The lowest BCUT2D eigenvalue weighted by Gasteiger charge is -2.19. The van der Waals surface area contributed by atoms with Crippen molar-refractivity contribution in [3.63, 3.8) is 0 Å². The van der Waals surface area contributed by atoms with E-state index in [-0.39, 0.29) is 38.7 Å². The molecule has 0 radical (unpaired) electrons. The largest absolute Gasteiger partial charge is 0.472 e. The fraction of sp³-hybridized carbons (Fsp3) is 0.600. The van der Waals surface area contributed by atoms with Crippen molar-refractivity contribution in [2.24, 2.45) is 5.73 Å². The van der Waals surface area contributed by atoms with E-state index in [4.69, 9.17) is 24.3 Å². The highest BCUT2D eigenvalue weighted by atomic mass is 31.2. The maximum atomic E-state index is 12.5. The van der Waals surface area contributed by atoms with E-state index in [1.165, 1.54) is 0 Å². The van der Waals surface area contributed by atoms with Gasteiger partial charge in [-0.25, -0.2) is 4.57 Å². The Kier molecular flexibility index (Phi) is 37.9. The molecular formula is C45H74NO9P. The molecule has 0 saturated carbocycles. The Labute approximate surface area is 339 Å². The first-order valence-corrected chi connectivity index (χ1v) is 22.2. The highest BCUT2D eigenvalue weighted by Gasteiger charge is 2.25. The van der Waals surface area contributed by atoms with E-state index in [9.17, 15) is 24.2 Å². The average Bonchev–Trinajstić information content (AvgIpc) is 3.17. The molecule has 0 saturated heterocycles. The number of hydrogen-bond acceptors (Lipinski definition) is 9. The van der Waals surface area contributed by atoms with Crippen LogP contribution in [0.15, 0.2) is 97.2 Å². The molecule has 1 unspecified atom stereocenters. The highest BCUT2D eigenvalue weighted by molar-refractivity contribution is 7.47. The summed E-state index contributed by atoms with van der Waals surface area (Å²) in [4.78, 5) is 34.8. The third-order valence-electron chi connectivity index (χ3n) is 7.97. The Morgan fingerprint density at radius 3 is 1.59 bits per heavy atom. The van der Waals surface area contributed by atoms with Gasteiger partial charge in [-0.15, -0.1) is 0 Å². The van der Waals surface area contributed by atoms with Crippen molar-refractivity contribution in [2.45, 2.75) is 148 Å². The molecule has 10 nitrogen and oxygen atoms in total. The number of phosphoric ester groups is 1. The van der Waals surface area contributed by atoms with Gasteiger partial charge in [-0.3, -0.25) is 18.6 Å². The van der Waals surface area contributed by atoms with E-state index in [2.05, 4.69) is 92.0 Å². The van der Waals surface area contributed by atoms with E-state index >= 15 is 0 Å². The number of carbonyl (C=O) groups is 2. The molecule has 11 heteroatoms. The molecule has 56 heavy (non-hydrogen) atoms. The first kappa shape index (κ1) is 52.9. The van der Waals surface area contributed by atoms with Crippen LogP contribution in [0.1, 0.15) is 136 Å². The molecule has 0 aliphatic carbocycles. The lowest BCUT2D eigenvalue weighted by molar-refractivity contribution is -0.161. The lowest BCUT2D eigenvalue weighted by atomic mass is 10.1. The molecule has 3 atom stereocenters. The summed E-state index contributed by atoms with van der Waals surface area (Å²) in [7, 11) is -4.41. The van der Waals surface area contributed by atoms with Gasteiger partial charge in [0.05, 0.1) is 19.3 Å². The number of aliphatic hydroxyl groups excluding tert-OH is 1. The van der Waals surface area contributed by atoms with Crippen molar-refractivity contribution < 1.29 is 42.7 Å². The van der Waals surface area contributed by atoms with Crippen LogP contribution < -0.4 is 5.73 Å². The van der Waals surface area contributed by atoms with Crippen molar-refractivity contribution in [1.82, 2.24) is 0 Å². The van der Waals surface area contributed by atoms with Crippen molar-refractivity contribution in [2.75, 3.05) is 26.4 Å². The molecule has 0 rings (SSSR count). The highest BCUT2D eigenvalue weighted by Crippen LogP contribution is 2.43. The number of aliphatic hydroxyl groups is 1. The number of ether oxygens (including phenoxy) is 2. The van der Waals surface area contributed by atoms with Crippen LogP contribution in [-0.2, 0) is 32.7 Å². The van der Waals surface area contributed by atoms with Crippen molar-refractivity contribution in [1.29, 1.82) is 0 Å². The minimum absolute atomic E-state index is 0.0300. The van der Waals surface area contributed by atoms with Crippen LogP contribution in [0.3, 0.4) is 0 Å². The molecule has 0 aliphatic rings. The second-order valence-corrected chi connectivity index (χ2v) is 14.9. The van der Waals surface area contributed by atoms with Crippen LogP contribution in [0, 0.1) is 0 Å².